The van der Waals surface area contributed by atoms with Crippen LogP contribution in [0.3, 0.4) is 0 Å². The summed E-state index contributed by atoms with van der Waals surface area (Å²) in [4.78, 5) is 9.99. The van der Waals surface area contributed by atoms with E-state index in [1.165, 1.54) is 0 Å². The number of carbonyl (C=O) groups excluding carboxylic acids is 1. The molecule has 72 valence electrons. The molecule has 0 aliphatic rings. The van der Waals surface area contributed by atoms with Crippen LogP contribution in [0, 0.1) is 11.8 Å². The number of hydrogen-bond acceptors (Lipinski definition) is 2. The average Bonchev–Trinajstić information content (AvgIpc) is 2.25. The van der Waals surface area contributed by atoms with Gasteiger partial charge in [0, 0.05) is 12.8 Å². The van der Waals surface area contributed by atoms with Crippen LogP contribution >= 0.6 is 0 Å². The van der Waals surface area contributed by atoms with Gasteiger partial charge in [-0.15, -0.1) is 0 Å². The van der Waals surface area contributed by atoms with Gasteiger partial charge in [0.15, 0.2) is 0 Å². The fourth-order valence-electron chi connectivity index (χ4n) is 1.02. The molecule has 1 aromatic rings. The van der Waals surface area contributed by atoms with Gasteiger partial charge in [-0.1, -0.05) is 42.2 Å². The molecule has 1 atom stereocenters. The third kappa shape index (κ3) is 3.42. The van der Waals surface area contributed by atoms with Crippen LogP contribution in [-0.2, 0) is 4.79 Å². The Labute approximate surface area is 83.6 Å². The molecule has 0 aliphatic carbocycles. The first-order valence-corrected chi connectivity index (χ1v) is 4.49. The Kier molecular flexibility index (Phi) is 4.46. The van der Waals surface area contributed by atoms with Crippen LogP contribution in [0.1, 0.15) is 24.5 Å². The van der Waals surface area contributed by atoms with Crippen molar-refractivity contribution < 1.29 is 9.90 Å². The molecule has 2 nitrogen and oxygen atoms in total. The highest BCUT2D eigenvalue weighted by molar-refractivity contribution is 5.49. The maximum absolute atomic E-state index is 9.99. The van der Waals surface area contributed by atoms with Gasteiger partial charge >= 0.3 is 0 Å². The summed E-state index contributed by atoms with van der Waals surface area (Å²) in [5.41, 5.74) is 0.783. The van der Waals surface area contributed by atoms with E-state index >= 15 is 0 Å². The summed E-state index contributed by atoms with van der Waals surface area (Å²) in [6.07, 6.45) is 1.01. The lowest BCUT2D eigenvalue weighted by Crippen LogP contribution is -1.92. The summed E-state index contributed by atoms with van der Waals surface area (Å²) in [5, 5.41) is 9.56. The van der Waals surface area contributed by atoms with Gasteiger partial charge in [0.1, 0.15) is 12.4 Å². The van der Waals surface area contributed by atoms with E-state index in [1.807, 2.05) is 30.3 Å². The summed E-state index contributed by atoms with van der Waals surface area (Å²) in [5.74, 6) is 5.43. The molecule has 0 bridgehead atoms. The molecule has 0 radical (unpaired) electrons. The van der Waals surface area contributed by atoms with Crippen molar-refractivity contribution in [3.8, 4) is 11.8 Å². The second-order valence-electron chi connectivity index (χ2n) is 2.84. The maximum atomic E-state index is 9.99. The highest BCUT2D eigenvalue weighted by Crippen LogP contribution is 2.10. The number of aldehydes is 1. The number of carbonyl (C=O) groups is 1. The zero-order valence-electron chi connectivity index (χ0n) is 7.81. The number of unbranched alkanes of at least 4 members (excludes halogenated alkanes) is 1. The molecule has 1 unspecified atom stereocenters. The molecular weight excluding hydrogens is 176 g/mol. The van der Waals surface area contributed by atoms with Crippen LogP contribution in [0.5, 0.6) is 0 Å². The van der Waals surface area contributed by atoms with Crippen LogP contribution in [0.25, 0.3) is 0 Å². The van der Waals surface area contributed by atoms with Crippen molar-refractivity contribution >= 4 is 6.29 Å². The van der Waals surface area contributed by atoms with E-state index in [1.54, 1.807) is 0 Å². The van der Waals surface area contributed by atoms with Crippen LogP contribution in [0.2, 0.25) is 0 Å². The lowest BCUT2D eigenvalue weighted by Gasteiger charge is -2.01. The van der Waals surface area contributed by atoms with Crippen LogP contribution in [-0.4, -0.2) is 11.4 Å². The van der Waals surface area contributed by atoms with Gasteiger partial charge in [0.2, 0.25) is 0 Å². The smallest absolute Gasteiger partial charge is 0.140 e. The third-order valence-electron chi connectivity index (χ3n) is 1.74. The van der Waals surface area contributed by atoms with Gasteiger partial charge in [0.25, 0.3) is 0 Å². The lowest BCUT2D eigenvalue weighted by atomic mass is 10.1. The predicted molar refractivity (Wildman–Crippen MR) is 54.5 cm³/mol. The Bertz CT molecular complexity index is 332. The van der Waals surface area contributed by atoms with E-state index in [4.69, 9.17) is 0 Å². The summed E-state index contributed by atoms with van der Waals surface area (Å²) in [6, 6.07) is 9.23. The minimum atomic E-state index is -0.747. The van der Waals surface area contributed by atoms with E-state index in [9.17, 15) is 9.90 Å². The van der Waals surface area contributed by atoms with E-state index in [2.05, 4.69) is 11.8 Å². The molecule has 1 N–H and O–H groups in total. The molecule has 0 fully saturated rings. The van der Waals surface area contributed by atoms with Crippen molar-refractivity contribution in [2.75, 3.05) is 0 Å². The van der Waals surface area contributed by atoms with Gasteiger partial charge in [-0.05, 0) is 5.56 Å². The number of hydrogen-bond donors (Lipinski definition) is 1. The molecule has 1 aromatic carbocycles. The highest BCUT2D eigenvalue weighted by Gasteiger charge is 2.00. The Balaban J connectivity index is 2.52. The number of aliphatic hydroxyl groups excluding tert-OH is 1. The summed E-state index contributed by atoms with van der Waals surface area (Å²) >= 11 is 0. The maximum Gasteiger partial charge on any atom is 0.140 e. The normalized spacial score (nSPS) is 11.2. The first-order valence-electron chi connectivity index (χ1n) is 4.49. The topological polar surface area (TPSA) is 37.3 Å². The monoisotopic (exact) mass is 188 g/mol. The number of rotatable bonds is 3. The Hall–Kier alpha value is -1.59. The van der Waals surface area contributed by atoms with Gasteiger partial charge < -0.3 is 9.90 Å². The molecule has 14 heavy (non-hydrogen) atoms. The molecule has 1 rings (SSSR count). The molecule has 0 spiro atoms. The number of benzene rings is 1. The van der Waals surface area contributed by atoms with Crippen LogP contribution in [0.15, 0.2) is 30.3 Å². The van der Waals surface area contributed by atoms with E-state index < -0.39 is 6.10 Å². The van der Waals surface area contributed by atoms with E-state index in [-0.39, 0.29) is 0 Å². The summed E-state index contributed by atoms with van der Waals surface area (Å²) in [6.45, 7) is 0. The number of aliphatic hydroxyl groups is 1. The molecule has 0 heterocycles. The Morgan fingerprint density at radius 1 is 1.36 bits per heavy atom. The third-order valence-corrected chi connectivity index (χ3v) is 1.74. The Morgan fingerprint density at radius 3 is 2.71 bits per heavy atom. The molecule has 0 amide bonds. The van der Waals surface area contributed by atoms with Crippen molar-refractivity contribution in [3.63, 3.8) is 0 Å². The second-order valence-corrected chi connectivity index (χ2v) is 2.84. The SMILES string of the molecule is O=CCCC#CC(O)c1ccccc1. The van der Waals surface area contributed by atoms with Gasteiger partial charge in [-0.25, -0.2) is 0 Å². The fourth-order valence-corrected chi connectivity index (χ4v) is 1.02. The molecular formula is C12H12O2. The predicted octanol–water partition coefficient (Wildman–Crippen LogP) is 1.70. The molecule has 0 saturated heterocycles. The standard InChI is InChI=1S/C12H12O2/c13-10-6-2-5-9-12(14)11-7-3-1-4-8-11/h1,3-4,7-8,10,12,14H,2,6H2. The zero-order chi connectivity index (χ0) is 10.2. The van der Waals surface area contributed by atoms with E-state index in [0.717, 1.165) is 11.8 Å². The quantitative estimate of drug-likeness (QED) is 0.445. The zero-order valence-corrected chi connectivity index (χ0v) is 7.81. The largest absolute Gasteiger partial charge is 0.376 e. The fraction of sp³-hybridized carbons (Fsp3) is 0.250. The van der Waals surface area contributed by atoms with Crippen LogP contribution < -0.4 is 0 Å². The van der Waals surface area contributed by atoms with Crippen molar-refractivity contribution in [1.82, 2.24) is 0 Å². The van der Waals surface area contributed by atoms with Crippen molar-refractivity contribution in [2.24, 2.45) is 0 Å². The van der Waals surface area contributed by atoms with Crippen molar-refractivity contribution in [2.45, 2.75) is 18.9 Å². The lowest BCUT2D eigenvalue weighted by molar-refractivity contribution is -0.107. The molecule has 0 saturated carbocycles. The first-order chi connectivity index (χ1) is 6.84. The molecule has 0 aliphatic heterocycles. The second kappa shape index (κ2) is 5.95. The molecule has 0 aromatic heterocycles. The van der Waals surface area contributed by atoms with Crippen LogP contribution in [0.4, 0.5) is 0 Å². The average molecular weight is 188 g/mol. The van der Waals surface area contributed by atoms with Crippen molar-refractivity contribution in [1.29, 1.82) is 0 Å². The van der Waals surface area contributed by atoms with Gasteiger partial charge in [0.05, 0.1) is 0 Å². The van der Waals surface area contributed by atoms with Crippen molar-refractivity contribution in [3.05, 3.63) is 35.9 Å². The highest BCUT2D eigenvalue weighted by atomic mass is 16.3. The summed E-state index contributed by atoms with van der Waals surface area (Å²) in [7, 11) is 0. The Morgan fingerprint density at radius 2 is 2.07 bits per heavy atom. The molecule has 2 heteroatoms. The summed E-state index contributed by atoms with van der Waals surface area (Å²) < 4.78 is 0. The van der Waals surface area contributed by atoms with E-state index in [0.29, 0.717) is 12.8 Å². The minimum Gasteiger partial charge on any atom is -0.376 e. The minimum absolute atomic E-state index is 0.425. The first kappa shape index (κ1) is 10.5. The van der Waals surface area contributed by atoms with Gasteiger partial charge in [-0.2, -0.15) is 0 Å². The van der Waals surface area contributed by atoms with Gasteiger partial charge in [-0.3, -0.25) is 0 Å².